The highest BCUT2D eigenvalue weighted by molar-refractivity contribution is 14.1. The summed E-state index contributed by atoms with van der Waals surface area (Å²) in [5, 5.41) is 14.1. The lowest BCUT2D eigenvalue weighted by molar-refractivity contribution is -0.139. The van der Waals surface area contributed by atoms with Gasteiger partial charge in [0.1, 0.15) is 6.04 Å². The molecular weight excluding hydrogens is 383 g/mol. The highest BCUT2D eigenvalue weighted by Crippen LogP contribution is 2.23. The third-order valence-electron chi connectivity index (χ3n) is 2.19. The van der Waals surface area contributed by atoms with E-state index in [0.29, 0.717) is 10.7 Å². The topological polar surface area (TPSA) is 78.4 Å². The van der Waals surface area contributed by atoms with Crippen LogP contribution in [-0.2, 0) is 4.79 Å². The Balaban J connectivity index is 2.68. The van der Waals surface area contributed by atoms with Gasteiger partial charge in [-0.05, 0) is 47.2 Å². The van der Waals surface area contributed by atoms with Gasteiger partial charge < -0.3 is 15.7 Å². The first-order valence-corrected chi connectivity index (χ1v) is 6.76. The highest BCUT2D eigenvalue weighted by Gasteiger charge is 2.18. The Labute approximate surface area is 129 Å². The van der Waals surface area contributed by atoms with Gasteiger partial charge in [-0.3, -0.25) is 0 Å². The molecule has 19 heavy (non-hydrogen) atoms. The standard InChI is InChI=1S/C12H12ClIN2O3/c1-2-3-10(11(17)18)16-12(19)15-9-5-4-7(14)6-8(9)13/h2,4-6,10H,1,3H2,(H,17,18)(H2,15,16,19). The smallest absolute Gasteiger partial charge is 0.326 e. The molecule has 0 bridgehead atoms. The Hall–Kier alpha value is -1.28. The van der Waals surface area contributed by atoms with Crippen LogP contribution >= 0.6 is 34.2 Å². The number of nitrogens with one attached hydrogen (secondary N) is 2. The third-order valence-corrected chi connectivity index (χ3v) is 3.17. The number of carbonyl (C=O) groups is 2. The van der Waals surface area contributed by atoms with Crippen molar-refractivity contribution in [1.29, 1.82) is 0 Å². The van der Waals surface area contributed by atoms with Crippen LogP contribution in [0.1, 0.15) is 6.42 Å². The van der Waals surface area contributed by atoms with Crippen LogP contribution in [-0.4, -0.2) is 23.1 Å². The zero-order chi connectivity index (χ0) is 14.4. The number of benzene rings is 1. The summed E-state index contributed by atoms with van der Waals surface area (Å²) in [7, 11) is 0. The molecule has 1 aromatic rings. The van der Waals surface area contributed by atoms with Crippen molar-refractivity contribution in [2.24, 2.45) is 0 Å². The van der Waals surface area contributed by atoms with Crippen LogP contribution in [0.2, 0.25) is 5.02 Å². The number of carbonyl (C=O) groups excluding carboxylic acids is 1. The highest BCUT2D eigenvalue weighted by atomic mass is 127. The number of rotatable bonds is 5. The second-order valence-electron chi connectivity index (χ2n) is 3.64. The van der Waals surface area contributed by atoms with Crippen molar-refractivity contribution < 1.29 is 14.7 Å². The lowest BCUT2D eigenvalue weighted by Crippen LogP contribution is -2.42. The molecule has 0 fully saturated rings. The molecule has 5 nitrogen and oxygen atoms in total. The molecule has 7 heteroatoms. The number of amides is 2. The summed E-state index contributed by atoms with van der Waals surface area (Å²) >= 11 is 8.05. The molecule has 0 aliphatic heterocycles. The van der Waals surface area contributed by atoms with Crippen LogP contribution < -0.4 is 10.6 Å². The van der Waals surface area contributed by atoms with Gasteiger partial charge in [-0.1, -0.05) is 17.7 Å². The minimum absolute atomic E-state index is 0.142. The maximum absolute atomic E-state index is 11.7. The minimum Gasteiger partial charge on any atom is -0.480 e. The van der Waals surface area contributed by atoms with E-state index in [-0.39, 0.29) is 6.42 Å². The van der Waals surface area contributed by atoms with Gasteiger partial charge in [0.2, 0.25) is 0 Å². The Bertz CT molecular complexity index is 508. The van der Waals surface area contributed by atoms with Gasteiger partial charge in [0, 0.05) is 3.57 Å². The first kappa shape index (κ1) is 15.8. The molecular formula is C12H12ClIN2O3. The maximum atomic E-state index is 11.7. The predicted molar refractivity (Wildman–Crippen MR) is 82.6 cm³/mol. The summed E-state index contributed by atoms with van der Waals surface area (Å²) in [5.74, 6) is -1.12. The fourth-order valence-corrected chi connectivity index (χ4v) is 2.20. The molecule has 0 aliphatic carbocycles. The molecule has 102 valence electrons. The zero-order valence-electron chi connectivity index (χ0n) is 9.82. The fraction of sp³-hybridized carbons (Fsp3) is 0.167. The summed E-state index contributed by atoms with van der Waals surface area (Å²) in [5.41, 5.74) is 0.419. The number of urea groups is 1. The molecule has 1 unspecified atom stereocenters. The first-order valence-electron chi connectivity index (χ1n) is 5.30. The van der Waals surface area contributed by atoms with Crippen molar-refractivity contribution in [2.45, 2.75) is 12.5 Å². The minimum atomic E-state index is -1.12. The SMILES string of the molecule is C=CCC(NC(=O)Nc1ccc(I)cc1Cl)C(=O)O. The number of aliphatic carboxylic acids is 1. The Morgan fingerprint density at radius 3 is 2.74 bits per heavy atom. The third kappa shape index (κ3) is 5.07. The molecule has 2 amide bonds. The average Bonchev–Trinajstić information content (AvgIpc) is 2.32. The van der Waals surface area contributed by atoms with Gasteiger partial charge >= 0.3 is 12.0 Å². The van der Waals surface area contributed by atoms with Crippen molar-refractivity contribution in [3.8, 4) is 0 Å². The van der Waals surface area contributed by atoms with Crippen molar-refractivity contribution in [1.82, 2.24) is 5.32 Å². The molecule has 1 aromatic carbocycles. The van der Waals surface area contributed by atoms with Gasteiger partial charge in [-0.2, -0.15) is 0 Å². The van der Waals surface area contributed by atoms with Crippen molar-refractivity contribution in [3.63, 3.8) is 0 Å². The average molecular weight is 395 g/mol. The molecule has 0 aromatic heterocycles. The molecule has 0 aliphatic rings. The summed E-state index contributed by atoms with van der Waals surface area (Å²) in [6.07, 6.45) is 1.57. The monoisotopic (exact) mass is 394 g/mol. The molecule has 1 rings (SSSR count). The summed E-state index contributed by atoms with van der Waals surface area (Å²) < 4.78 is 0.934. The fourth-order valence-electron chi connectivity index (χ4n) is 1.30. The Morgan fingerprint density at radius 2 is 2.21 bits per heavy atom. The van der Waals surface area contributed by atoms with E-state index < -0.39 is 18.0 Å². The van der Waals surface area contributed by atoms with Crippen LogP contribution in [0.3, 0.4) is 0 Å². The number of anilines is 1. The van der Waals surface area contributed by atoms with E-state index in [4.69, 9.17) is 16.7 Å². The van der Waals surface area contributed by atoms with E-state index >= 15 is 0 Å². The number of carboxylic acid groups (broad SMARTS) is 1. The molecule has 0 spiro atoms. The van der Waals surface area contributed by atoms with E-state index in [2.05, 4.69) is 39.8 Å². The molecule has 0 radical (unpaired) electrons. The van der Waals surface area contributed by atoms with Crippen molar-refractivity contribution >= 4 is 51.9 Å². The van der Waals surface area contributed by atoms with Crippen molar-refractivity contribution in [3.05, 3.63) is 39.4 Å². The van der Waals surface area contributed by atoms with Gasteiger partial charge in [-0.15, -0.1) is 6.58 Å². The number of halogens is 2. The van der Waals surface area contributed by atoms with Gasteiger partial charge in [0.15, 0.2) is 0 Å². The summed E-state index contributed by atoms with van der Waals surface area (Å²) in [6, 6.07) is 3.47. The lowest BCUT2D eigenvalue weighted by atomic mass is 10.2. The second kappa shape index (κ2) is 7.34. The van der Waals surface area contributed by atoms with Crippen LogP contribution in [0.25, 0.3) is 0 Å². The van der Waals surface area contributed by atoms with Crippen LogP contribution in [0.5, 0.6) is 0 Å². The first-order chi connectivity index (χ1) is 8.93. The number of hydrogen-bond acceptors (Lipinski definition) is 2. The number of carboxylic acids is 1. The van der Waals surface area contributed by atoms with E-state index in [1.54, 1.807) is 18.2 Å². The zero-order valence-corrected chi connectivity index (χ0v) is 12.7. The second-order valence-corrected chi connectivity index (χ2v) is 5.29. The molecule has 1 atom stereocenters. The van der Waals surface area contributed by atoms with Crippen LogP contribution in [0.15, 0.2) is 30.9 Å². The van der Waals surface area contributed by atoms with E-state index in [1.807, 2.05) is 0 Å². The van der Waals surface area contributed by atoms with E-state index in [0.717, 1.165) is 3.57 Å². The molecule has 0 saturated carbocycles. The van der Waals surface area contributed by atoms with Gasteiger partial charge in [-0.25, -0.2) is 9.59 Å². The predicted octanol–water partition coefficient (Wildman–Crippen LogP) is 3.10. The van der Waals surface area contributed by atoms with E-state index in [9.17, 15) is 9.59 Å². The van der Waals surface area contributed by atoms with Gasteiger partial charge in [0.25, 0.3) is 0 Å². The largest absolute Gasteiger partial charge is 0.480 e. The molecule has 0 saturated heterocycles. The van der Waals surface area contributed by atoms with Crippen LogP contribution in [0.4, 0.5) is 10.5 Å². The number of hydrogen-bond donors (Lipinski definition) is 3. The summed E-state index contributed by atoms with van der Waals surface area (Å²) in [4.78, 5) is 22.5. The molecule has 0 heterocycles. The normalized spacial score (nSPS) is 11.5. The Morgan fingerprint density at radius 1 is 1.53 bits per heavy atom. The van der Waals surface area contributed by atoms with Crippen molar-refractivity contribution in [2.75, 3.05) is 5.32 Å². The lowest BCUT2D eigenvalue weighted by Gasteiger charge is -2.14. The van der Waals surface area contributed by atoms with Crippen LogP contribution in [0, 0.1) is 3.57 Å². The van der Waals surface area contributed by atoms with Gasteiger partial charge in [0.05, 0.1) is 10.7 Å². The Kier molecular flexibility index (Phi) is 6.10. The maximum Gasteiger partial charge on any atom is 0.326 e. The quantitative estimate of drug-likeness (QED) is 0.530. The molecule has 3 N–H and O–H groups in total. The summed E-state index contributed by atoms with van der Waals surface area (Å²) in [6.45, 7) is 3.44. The van der Waals surface area contributed by atoms with E-state index in [1.165, 1.54) is 6.08 Å².